The zero-order valence-electron chi connectivity index (χ0n) is 12.9. The molecule has 1 aromatic heterocycles. The van der Waals surface area contributed by atoms with E-state index in [0.717, 1.165) is 22.9 Å². The Morgan fingerprint density at radius 1 is 1.32 bits per heavy atom. The summed E-state index contributed by atoms with van der Waals surface area (Å²) in [5.74, 6) is -1.08. The van der Waals surface area contributed by atoms with Gasteiger partial charge in [0.15, 0.2) is 0 Å². The number of likely N-dealkylation sites (tertiary alicyclic amines) is 1. The zero-order valence-corrected chi connectivity index (χ0v) is 12.9. The molecule has 1 fully saturated rings. The quantitative estimate of drug-likeness (QED) is 0.948. The van der Waals surface area contributed by atoms with Gasteiger partial charge in [-0.15, -0.1) is 0 Å². The highest BCUT2D eigenvalue weighted by Gasteiger charge is 2.36. The maximum Gasteiger partial charge on any atom is 0.326 e. The molecule has 3 rings (SSSR count). The van der Waals surface area contributed by atoms with Gasteiger partial charge < -0.3 is 14.6 Å². The molecule has 1 unspecified atom stereocenters. The normalized spacial score (nSPS) is 18.1. The van der Waals surface area contributed by atoms with Crippen molar-refractivity contribution in [2.24, 2.45) is 0 Å². The number of aryl methyl sites for hydroxylation is 2. The summed E-state index contributed by atoms with van der Waals surface area (Å²) in [6, 6.07) is 7.22. The van der Waals surface area contributed by atoms with Crippen LogP contribution in [0.25, 0.3) is 10.9 Å². The molecule has 1 N–H and O–H groups in total. The highest BCUT2D eigenvalue weighted by molar-refractivity contribution is 6.03. The summed E-state index contributed by atoms with van der Waals surface area (Å²) in [6.45, 7) is 5.14. The Kier molecular flexibility index (Phi) is 3.64. The Morgan fingerprint density at radius 3 is 2.73 bits per heavy atom. The lowest BCUT2D eigenvalue weighted by atomic mass is 10.1. The number of benzene rings is 1. The fraction of sp³-hybridized carbons (Fsp3) is 0.412. The van der Waals surface area contributed by atoms with Crippen molar-refractivity contribution in [3.8, 4) is 0 Å². The molecule has 1 aliphatic heterocycles. The van der Waals surface area contributed by atoms with Crippen LogP contribution in [0, 0.1) is 6.92 Å². The van der Waals surface area contributed by atoms with Crippen LogP contribution in [0.3, 0.4) is 0 Å². The number of hydrogen-bond donors (Lipinski definition) is 1. The van der Waals surface area contributed by atoms with Gasteiger partial charge in [-0.1, -0.05) is 18.2 Å². The van der Waals surface area contributed by atoms with Gasteiger partial charge in [-0.3, -0.25) is 4.79 Å². The molecule has 5 nitrogen and oxygen atoms in total. The van der Waals surface area contributed by atoms with Crippen molar-refractivity contribution in [2.75, 3.05) is 6.54 Å². The Hall–Kier alpha value is -2.30. The SMILES string of the molecule is CCn1c(C(=O)N2CCCC2C(=O)O)c(C)c2ccccc21. The van der Waals surface area contributed by atoms with Crippen LogP contribution in [-0.4, -0.2) is 39.0 Å². The molecule has 5 heteroatoms. The number of carbonyl (C=O) groups excluding carboxylic acids is 1. The lowest BCUT2D eigenvalue weighted by Gasteiger charge is -2.22. The van der Waals surface area contributed by atoms with Gasteiger partial charge in [0.2, 0.25) is 0 Å². The van der Waals surface area contributed by atoms with Crippen LogP contribution in [0.15, 0.2) is 24.3 Å². The Labute approximate surface area is 129 Å². The molecule has 0 aliphatic carbocycles. The standard InChI is InChI=1S/C17H20N2O3/c1-3-18-13-8-5-4-7-12(13)11(2)15(18)16(20)19-10-6-9-14(19)17(21)22/h4-5,7-8,14H,3,6,9-10H2,1-2H3,(H,21,22). The van der Waals surface area contributed by atoms with Gasteiger partial charge in [0.1, 0.15) is 11.7 Å². The Morgan fingerprint density at radius 2 is 2.05 bits per heavy atom. The molecule has 1 aliphatic rings. The van der Waals surface area contributed by atoms with Gasteiger partial charge >= 0.3 is 5.97 Å². The number of rotatable bonds is 3. The van der Waals surface area contributed by atoms with Crippen LogP contribution in [-0.2, 0) is 11.3 Å². The van der Waals surface area contributed by atoms with Crippen LogP contribution in [0.4, 0.5) is 0 Å². The topological polar surface area (TPSA) is 62.5 Å². The van der Waals surface area contributed by atoms with E-state index in [2.05, 4.69) is 0 Å². The molecule has 1 amide bonds. The van der Waals surface area contributed by atoms with E-state index in [9.17, 15) is 14.7 Å². The zero-order chi connectivity index (χ0) is 15.9. The minimum atomic E-state index is -0.914. The third kappa shape index (κ3) is 2.08. The van der Waals surface area contributed by atoms with Gasteiger partial charge in [0.25, 0.3) is 5.91 Å². The molecule has 0 saturated carbocycles. The summed E-state index contributed by atoms with van der Waals surface area (Å²) in [6.07, 6.45) is 1.28. The molecule has 2 aromatic rings. The number of carbonyl (C=O) groups is 2. The monoisotopic (exact) mass is 300 g/mol. The molecule has 1 aromatic carbocycles. The smallest absolute Gasteiger partial charge is 0.326 e. The van der Waals surface area contributed by atoms with E-state index >= 15 is 0 Å². The summed E-state index contributed by atoms with van der Waals surface area (Å²) in [7, 11) is 0. The maximum absolute atomic E-state index is 13.0. The van der Waals surface area contributed by atoms with E-state index in [1.807, 2.05) is 42.7 Å². The first-order valence-corrected chi connectivity index (χ1v) is 7.67. The summed E-state index contributed by atoms with van der Waals surface area (Å²) in [4.78, 5) is 25.8. The van der Waals surface area contributed by atoms with E-state index < -0.39 is 12.0 Å². The maximum atomic E-state index is 13.0. The molecule has 116 valence electrons. The highest BCUT2D eigenvalue weighted by atomic mass is 16.4. The van der Waals surface area contributed by atoms with Crippen molar-refractivity contribution in [3.05, 3.63) is 35.5 Å². The average molecular weight is 300 g/mol. The Bertz CT molecular complexity index is 748. The van der Waals surface area contributed by atoms with E-state index in [4.69, 9.17) is 0 Å². The second-order valence-corrected chi connectivity index (χ2v) is 5.73. The van der Waals surface area contributed by atoms with Crippen LogP contribution in [0.1, 0.15) is 35.8 Å². The van der Waals surface area contributed by atoms with Crippen LogP contribution in [0.2, 0.25) is 0 Å². The molecule has 1 atom stereocenters. The van der Waals surface area contributed by atoms with Gasteiger partial charge in [-0.05, 0) is 38.3 Å². The number of nitrogens with zero attached hydrogens (tertiary/aromatic N) is 2. The lowest BCUT2D eigenvalue weighted by Crippen LogP contribution is -2.41. The van der Waals surface area contributed by atoms with Crippen LogP contribution < -0.4 is 0 Å². The largest absolute Gasteiger partial charge is 0.480 e. The predicted octanol–water partition coefficient (Wildman–Crippen LogP) is 2.66. The van der Waals surface area contributed by atoms with Gasteiger partial charge in [0, 0.05) is 24.0 Å². The van der Waals surface area contributed by atoms with Crippen molar-refractivity contribution in [1.29, 1.82) is 0 Å². The molecule has 0 radical (unpaired) electrons. The minimum absolute atomic E-state index is 0.166. The number of aromatic nitrogens is 1. The van der Waals surface area contributed by atoms with Gasteiger partial charge in [0.05, 0.1) is 0 Å². The van der Waals surface area contributed by atoms with E-state index in [-0.39, 0.29) is 5.91 Å². The van der Waals surface area contributed by atoms with Crippen LogP contribution >= 0.6 is 0 Å². The van der Waals surface area contributed by atoms with Crippen molar-refractivity contribution in [3.63, 3.8) is 0 Å². The van der Waals surface area contributed by atoms with Crippen LogP contribution in [0.5, 0.6) is 0 Å². The lowest BCUT2D eigenvalue weighted by molar-refractivity contribution is -0.141. The van der Waals surface area contributed by atoms with E-state index in [1.54, 1.807) is 0 Å². The number of hydrogen-bond acceptors (Lipinski definition) is 2. The first-order chi connectivity index (χ1) is 10.6. The number of aliphatic carboxylic acids is 1. The fourth-order valence-corrected chi connectivity index (χ4v) is 3.48. The minimum Gasteiger partial charge on any atom is -0.480 e. The second-order valence-electron chi connectivity index (χ2n) is 5.73. The highest BCUT2D eigenvalue weighted by Crippen LogP contribution is 2.29. The predicted molar refractivity (Wildman–Crippen MR) is 84.0 cm³/mol. The molecular weight excluding hydrogens is 280 g/mol. The molecule has 2 heterocycles. The van der Waals surface area contributed by atoms with Gasteiger partial charge in [-0.25, -0.2) is 4.79 Å². The number of carboxylic acids is 1. The van der Waals surface area contributed by atoms with Gasteiger partial charge in [-0.2, -0.15) is 0 Å². The number of para-hydroxylation sites is 1. The summed E-state index contributed by atoms with van der Waals surface area (Å²) < 4.78 is 1.99. The average Bonchev–Trinajstić information content (AvgIpc) is 3.10. The number of amides is 1. The second kappa shape index (κ2) is 5.48. The first kappa shape index (κ1) is 14.6. The van der Waals surface area contributed by atoms with Crippen molar-refractivity contribution < 1.29 is 14.7 Å². The third-order valence-corrected chi connectivity index (χ3v) is 4.54. The summed E-state index contributed by atoms with van der Waals surface area (Å²) >= 11 is 0. The molecule has 22 heavy (non-hydrogen) atoms. The molecular formula is C17H20N2O3. The first-order valence-electron chi connectivity index (χ1n) is 7.67. The number of carboxylic acid groups (broad SMARTS) is 1. The van der Waals surface area contributed by atoms with Crippen molar-refractivity contribution in [1.82, 2.24) is 9.47 Å². The summed E-state index contributed by atoms with van der Waals surface area (Å²) in [5, 5.41) is 10.4. The number of fused-ring (bicyclic) bond motifs is 1. The van der Waals surface area contributed by atoms with E-state index in [1.165, 1.54) is 4.90 Å². The molecule has 0 spiro atoms. The fourth-order valence-electron chi connectivity index (χ4n) is 3.48. The Balaban J connectivity index is 2.11. The summed E-state index contributed by atoms with van der Waals surface area (Å²) in [5.41, 5.74) is 2.58. The van der Waals surface area contributed by atoms with Crippen molar-refractivity contribution >= 4 is 22.8 Å². The molecule has 1 saturated heterocycles. The van der Waals surface area contributed by atoms with E-state index in [0.29, 0.717) is 25.2 Å². The third-order valence-electron chi connectivity index (χ3n) is 4.54. The van der Waals surface area contributed by atoms with Crippen molar-refractivity contribution in [2.45, 2.75) is 39.3 Å². The molecule has 0 bridgehead atoms.